The summed E-state index contributed by atoms with van der Waals surface area (Å²) in [5, 5.41) is 0. The van der Waals surface area contributed by atoms with Crippen LogP contribution < -0.4 is 0 Å². The predicted octanol–water partition coefficient (Wildman–Crippen LogP) is 3.62. The van der Waals surface area contributed by atoms with E-state index in [-0.39, 0.29) is 0 Å². The second-order valence-corrected chi connectivity index (χ2v) is 3.53. The van der Waals surface area contributed by atoms with Crippen LogP contribution in [-0.4, -0.2) is 12.2 Å². The van der Waals surface area contributed by atoms with Crippen LogP contribution in [0.5, 0.6) is 0 Å². The van der Waals surface area contributed by atoms with Crippen LogP contribution in [0.4, 0.5) is 11.4 Å². The SMILES string of the molecule is Cc1ccc(N=C=O)cc1N=C=O.c1ccccc1. The number of nitrogens with zero attached hydrogens (tertiary/aromatic N) is 2. The van der Waals surface area contributed by atoms with Crippen molar-refractivity contribution in [2.45, 2.75) is 6.92 Å². The second-order valence-electron chi connectivity index (χ2n) is 3.53. The lowest BCUT2D eigenvalue weighted by molar-refractivity contribution is 0.565. The van der Waals surface area contributed by atoms with Crippen LogP contribution in [0, 0.1) is 6.92 Å². The van der Waals surface area contributed by atoms with Gasteiger partial charge in [-0.2, -0.15) is 9.98 Å². The smallest absolute Gasteiger partial charge is 0.211 e. The van der Waals surface area contributed by atoms with Gasteiger partial charge in [0.2, 0.25) is 12.2 Å². The van der Waals surface area contributed by atoms with Gasteiger partial charge in [0.25, 0.3) is 0 Å². The molecule has 0 saturated carbocycles. The number of aryl methyl sites for hydroxylation is 1. The molecule has 4 heteroatoms. The standard InChI is InChI=1S/C9H6N2O2.C6H6/c1-7-2-3-8(10-5-12)4-9(7)11-6-13;1-2-4-6-5-3-1/h2-4H,1H3;1-6H. The highest BCUT2D eigenvalue weighted by Crippen LogP contribution is 2.23. The molecule has 0 fully saturated rings. The van der Waals surface area contributed by atoms with Gasteiger partial charge in [-0.3, -0.25) is 0 Å². The normalized spacial score (nSPS) is 8.26. The highest BCUT2D eigenvalue weighted by Gasteiger charge is 1.97. The Morgan fingerprint density at radius 3 is 1.84 bits per heavy atom. The molecule has 0 heterocycles. The Hall–Kier alpha value is -2.80. The van der Waals surface area contributed by atoms with E-state index in [1.165, 1.54) is 18.2 Å². The van der Waals surface area contributed by atoms with Gasteiger partial charge in [0.1, 0.15) is 0 Å². The van der Waals surface area contributed by atoms with Crippen molar-refractivity contribution in [3.05, 3.63) is 60.2 Å². The summed E-state index contributed by atoms with van der Waals surface area (Å²) in [5.74, 6) is 0. The molecule has 2 aromatic rings. The number of benzene rings is 2. The van der Waals surface area contributed by atoms with E-state index in [9.17, 15) is 9.59 Å². The van der Waals surface area contributed by atoms with Gasteiger partial charge in [-0.25, -0.2) is 9.59 Å². The average Bonchev–Trinajstić information content (AvgIpc) is 2.46. The van der Waals surface area contributed by atoms with Crippen LogP contribution in [0.3, 0.4) is 0 Å². The molecular formula is C15H12N2O2. The van der Waals surface area contributed by atoms with Crippen molar-refractivity contribution < 1.29 is 9.59 Å². The van der Waals surface area contributed by atoms with Gasteiger partial charge in [-0.1, -0.05) is 42.5 Å². The minimum atomic E-state index is 0.426. The maximum absolute atomic E-state index is 10.00. The topological polar surface area (TPSA) is 58.9 Å². The Morgan fingerprint density at radius 1 is 0.842 bits per heavy atom. The predicted molar refractivity (Wildman–Crippen MR) is 73.2 cm³/mol. The third kappa shape index (κ3) is 5.37. The monoisotopic (exact) mass is 252 g/mol. The lowest BCUT2D eigenvalue weighted by Gasteiger charge is -1.97. The maximum atomic E-state index is 10.00. The molecule has 0 radical (unpaired) electrons. The zero-order chi connectivity index (χ0) is 13.9. The van der Waals surface area contributed by atoms with Crippen molar-refractivity contribution in [3.8, 4) is 0 Å². The van der Waals surface area contributed by atoms with Crippen molar-refractivity contribution in [3.63, 3.8) is 0 Å². The van der Waals surface area contributed by atoms with Gasteiger partial charge in [0.15, 0.2) is 0 Å². The molecule has 0 atom stereocenters. The number of isocyanates is 2. The Kier molecular flexibility index (Phi) is 6.24. The highest BCUT2D eigenvalue weighted by atomic mass is 16.1. The number of rotatable bonds is 2. The number of aliphatic imine (C=N–C) groups is 2. The molecule has 0 bridgehead atoms. The molecule has 0 spiro atoms. The van der Waals surface area contributed by atoms with Crippen molar-refractivity contribution in [2.75, 3.05) is 0 Å². The quantitative estimate of drug-likeness (QED) is 0.605. The van der Waals surface area contributed by atoms with E-state index >= 15 is 0 Å². The van der Waals surface area contributed by atoms with Gasteiger partial charge < -0.3 is 0 Å². The molecule has 0 aliphatic rings. The van der Waals surface area contributed by atoms with E-state index in [1.807, 2.05) is 36.4 Å². The average molecular weight is 252 g/mol. The molecular weight excluding hydrogens is 240 g/mol. The number of hydrogen-bond donors (Lipinski definition) is 0. The summed E-state index contributed by atoms with van der Waals surface area (Å²) in [6.07, 6.45) is 2.84. The van der Waals surface area contributed by atoms with Crippen LogP contribution in [-0.2, 0) is 9.59 Å². The third-order valence-corrected chi connectivity index (χ3v) is 2.20. The zero-order valence-corrected chi connectivity index (χ0v) is 10.4. The van der Waals surface area contributed by atoms with E-state index in [0.29, 0.717) is 11.4 Å². The van der Waals surface area contributed by atoms with Gasteiger partial charge in [-0.05, 0) is 24.6 Å². The van der Waals surface area contributed by atoms with Gasteiger partial charge in [0.05, 0.1) is 11.4 Å². The highest BCUT2D eigenvalue weighted by molar-refractivity contribution is 5.61. The number of hydrogen-bond acceptors (Lipinski definition) is 4. The van der Waals surface area contributed by atoms with E-state index < -0.39 is 0 Å². The Balaban J connectivity index is 0.000000250. The van der Waals surface area contributed by atoms with Crippen LogP contribution in [0.1, 0.15) is 5.56 Å². The number of carbonyl (C=O) groups excluding carboxylic acids is 2. The molecule has 0 saturated heterocycles. The van der Waals surface area contributed by atoms with Gasteiger partial charge in [0, 0.05) is 0 Å². The molecule has 0 N–H and O–H groups in total. The fourth-order valence-electron chi connectivity index (χ4n) is 1.27. The van der Waals surface area contributed by atoms with Crippen LogP contribution >= 0.6 is 0 Å². The molecule has 2 rings (SSSR count). The Labute approximate surface area is 111 Å². The summed E-state index contributed by atoms with van der Waals surface area (Å²) in [6.45, 7) is 1.80. The minimum absolute atomic E-state index is 0.426. The van der Waals surface area contributed by atoms with Crippen molar-refractivity contribution in [1.82, 2.24) is 0 Å². The molecule has 2 aromatic carbocycles. The lowest BCUT2D eigenvalue weighted by Crippen LogP contribution is -1.73. The summed E-state index contributed by atoms with van der Waals surface area (Å²) in [7, 11) is 0. The lowest BCUT2D eigenvalue weighted by atomic mass is 10.2. The first-order valence-electron chi connectivity index (χ1n) is 5.54. The maximum Gasteiger partial charge on any atom is 0.240 e. The molecule has 0 aliphatic heterocycles. The van der Waals surface area contributed by atoms with Crippen LogP contribution in [0.15, 0.2) is 64.6 Å². The molecule has 4 nitrogen and oxygen atoms in total. The van der Waals surface area contributed by atoms with E-state index in [1.54, 1.807) is 19.1 Å². The van der Waals surface area contributed by atoms with Crippen LogP contribution in [0.2, 0.25) is 0 Å². The fraction of sp³-hybridized carbons (Fsp3) is 0.0667. The molecule has 0 amide bonds. The molecule has 0 aromatic heterocycles. The Bertz CT molecular complexity index is 585. The minimum Gasteiger partial charge on any atom is -0.211 e. The van der Waals surface area contributed by atoms with Gasteiger partial charge in [-0.15, -0.1) is 0 Å². The third-order valence-electron chi connectivity index (χ3n) is 2.20. The largest absolute Gasteiger partial charge is 0.240 e. The summed E-state index contributed by atoms with van der Waals surface area (Å²) in [5.41, 5.74) is 1.72. The molecule has 19 heavy (non-hydrogen) atoms. The summed E-state index contributed by atoms with van der Waals surface area (Å²) in [4.78, 5) is 26.8. The van der Waals surface area contributed by atoms with Crippen molar-refractivity contribution in [1.29, 1.82) is 0 Å². The van der Waals surface area contributed by atoms with E-state index in [2.05, 4.69) is 9.98 Å². The van der Waals surface area contributed by atoms with Gasteiger partial charge >= 0.3 is 0 Å². The zero-order valence-electron chi connectivity index (χ0n) is 10.4. The fourth-order valence-corrected chi connectivity index (χ4v) is 1.27. The van der Waals surface area contributed by atoms with Crippen LogP contribution in [0.25, 0.3) is 0 Å². The van der Waals surface area contributed by atoms with E-state index in [4.69, 9.17) is 0 Å². The summed E-state index contributed by atoms with van der Waals surface area (Å²) >= 11 is 0. The summed E-state index contributed by atoms with van der Waals surface area (Å²) < 4.78 is 0. The van der Waals surface area contributed by atoms with E-state index in [0.717, 1.165) is 5.56 Å². The second kappa shape index (κ2) is 8.31. The first kappa shape index (κ1) is 14.3. The molecule has 94 valence electrons. The molecule has 0 unspecified atom stereocenters. The first-order chi connectivity index (χ1) is 9.27. The first-order valence-corrected chi connectivity index (χ1v) is 5.54. The molecule has 0 aliphatic carbocycles. The summed E-state index contributed by atoms with van der Waals surface area (Å²) in [6, 6.07) is 16.9. The van der Waals surface area contributed by atoms with Crippen molar-refractivity contribution >= 4 is 23.5 Å². The Morgan fingerprint density at radius 2 is 1.37 bits per heavy atom. The van der Waals surface area contributed by atoms with Crippen molar-refractivity contribution in [2.24, 2.45) is 9.98 Å².